The summed E-state index contributed by atoms with van der Waals surface area (Å²) in [6, 6.07) is 16.5. The number of nitrogens with zero attached hydrogens (tertiary/aromatic N) is 2. The molecule has 0 unspecified atom stereocenters. The Labute approximate surface area is 193 Å². The van der Waals surface area contributed by atoms with E-state index in [9.17, 15) is 13.2 Å². The third kappa shape index (κ3) is 5.01. The third-order valence-corrected chi connectivity index (χ3v) is 8.54. The van der Waals surface area contributed by atoms with Gasteiger partial charge in [0.05, 0.1) is 15.1 Å². The van der Waals surface area contributed by atoms with E-state index in [2.05, 4.69) is 11.1 Å². The summed E-state index contributed by atoms with van der Waals surface area (Å²) >= 11 is 4.58. The normalized spacial score (nSPS) is 11.7. The first-order valence-electron chi connectivity index (χ1n) is 9.44. The third-order valence-electron chi connectivity index (χ3n) is 4.73. The van der Waals surface area contributed by atoms with Gasteiger partial charge in [0.2, 0.25) is 0 Å². The van der Waals surface area contributed by atoms with Crippen molar-refractivity contribution in [1.82, 2.24) is 4.98 Å². The molecular formula is C22H20N2O3S4. The molecule has 0 spiro atoms. The summed E-state index contributed by atoms with van der Waals surface area (Å²) in [7, 11) is -3.31. The molecule has 31 heavy (non-hydrogen) atoms. The highest BCUT2D eigenvalue weighted by atomic mass is 32.2. The number of carbonyl (C=O) groups excluding carboxylic acids is 1. The van der Waals surface area contributed by atoms with Crippen molar-refractivity contribution in [3.05, 3.63) is 70.4 Å². The number of hydrogen-bond acceptors (Lipinski definition) is 7. The number of rotatable bonds is 7. The van der Waals surface area contributed by atoms with Gasteiger partial charge in [0.25, 0.3) is 5.91 Å². The molecule has 9 heteroatoms. The van der Waals surface area contributed by atoms with E-state index in [1.807, 2.05) is 42.0 Å². The van der Waals surface area contributed by atoms with Gasteiger partial charge in [-0.25, -0.2) is 13.4 Å². The zero-order chi connectivity index (χ0) is 22.0. The molecule has 2 aromatic heterocycles. The number of thiophene rings is 1. The van der Waals surface area contributed by atoms with Gasteiger partial charge in [-0.15, -0.1) is 23.1 Å². The van der Waals surface area contributed by atoms with Crippen LogP contribution in [-0.4, -0.2) is 38.4 Å². The van der Waals surface area contributed by atoms with Crippen molar-refractivity contribution in [2.75, 3.05) is 24.0 Å². The van der Waals surface area contributed by atoms with E-state index in [1.165, 1.54) is 22.5 Å². The molecule has 0 bridgehead atoms. The van der Waals surface area contributed by atoms with E-state index in [1.54, 1.807) is 46.2 Å². The summed E-state index contributed by atoms with van der Waals surface area (Å²) in [6.07, 6.45) is 3.88. The Morgan fingerprint density at radius 2 is 1.97 bits per heavy atom. The number of amides is 1. The van der Waals surface area contributed by atoms with Crippen LogP contribution in [0.4, 0.5) is 5.13 Å². The van der Waals surface area contributed by atoms with Crippen molar-refractivity contribution in [3.63, 3.8) is 0 Å². The van der Waals surface area contributed by atoms with Crippen LogP contribution in [0, 0.1) is 0 Å². The van der Waals surface area contributed by atoms with E-state index >= 15 is 0 Å². The van der Waals surface area contributed by atoms with Gasteiger partial charge < -0.3 is 0 Å². The lowest BCUT2D eigenvalue weighted by Gasteiger charge is -2.20. The molecule has 2 aromatic carbocycles. The highest BCUT2D eigenvalue weighted by Crippen LogP contribution is 2.32. The van der Waals surface area contributed by atoms with E-state index in [-0.39, 0.29) is 10.8 Å². The number of thiazole rings is 1. The standard InChI is InChI=1S/C22H20N2O3S4/c1-28-17-6-3-5-15(13-17)21(25)24(11-10-16-7-4-12-29-16)22-23-19-9-8-18(31(2,26)27)14-20(19)30-22/h3-9,12-14H,10-11H2,1-2H3. The highest BCUT2D eigenvalue weighted by molar-refractivity contribution is 7.98. The lowest BCUT2D eigenvalue weighted by atomic mass is 10.2. The Morgan fingerprint density at radius 1 is 1.13 bits per heavy atom. The Balaban J connectivity index is 1.73. The van der Waals surface area contributed by atoms with Crippen LogP contribution in [0.5, 0.6) is 0 Å². The maximum absolute atomic E-state index is 13.5. The van der Waals surface area contributed by atoms with E-state index in [0.29, 0.717) is 22.8 Å². The first kappa shape index (κ1) is 22.0. The molecule has 2 heterocycles. The SMILES string of the molecule is CSc1cccc(C(=O)N(CCc2cccs2)c2nc3ccc(S(C)(=O)=O)cc3s2)c1. The largest absolute Gasteiger partial charge is 0.284 e. The maximum atomic E-state index is 13.5. The van der Waals surface area contributed by atoms with Crippen LogP contribution < -0.4 is 4.90 Å². The predicted octanol–water partition coefficient (Wildman–Crippen LogP) is 5.37. The molecule has 0 saturated carbocycles. The van der Waals surface area contributed by atoms with Crippen molar-refractivity contribution in [2.24, 2.45) is 0 Å². The summed E-state index contributed by atoms with van der Waals surface area (Å²) in [4.78, 5) is 22.3. The molecule has 0 N–H and O–H groups in total. The van der Waals surface area contributed by atoms with Crippen LogP contribution in [0.25, 0.3) is 10.2 Å². The molecular weight excluding hydrogens is 469 g/mol. The minimum absolute atomic E-state index is 0.116. The molecule has 0 aliphatic rings. The second kappa shape index (κ2) is 9.12. The average Bonchev–Trinajstić information content (AvgIpc) is 3.42. The Morgan fingerprint density at radius 3 is 2.68 bits per heavy atom. The van der Waals surface area contributed by atoms with Gasteiger partial charge in [0.1, 0.15) is 0 Å². The fourth-order valence-electron chi connectivity index (χ4n) is 3.11. The Kier molecular flexibility index (Phi) is 6.47. The first-order valence-corrected chi connectivity index (χ1v) is 14.3. The van der Waals surface area contributed by atoms with Gasteiger partial charge >= 0.3 is 0 Å². The van der Waals surface area contributed by atoms with Crippen molar-refractivity contribution in [3.8, 4) is 0 Å². The molecule has 160 valence electrons. The van der Waals surface area contributed by atoms with Crippen molar-refractivity contribution in [2.45, 2.75) is 16.2 Å². The van der Waals surface area contributed by atoms with Crippen LogP contribution in [0.3, 0.4) is 0 Å². The molecule has 0 saturated heterocycles. The maximum Gasteiger partial charge on any atom is 0.260 e. The second-order valence-corrected chi connectivity index (χ2v) is 11.9. The topological polar surface area (TPSA) is 67.3 Å². The summed E-state index contributed by atoms with van der Waals surface area (Å²) in [5.74, 6) is -0.116. The van der Waals surface area contributed by atoms with E-state index in [0.717, 1.165) is 16.0 Å². The fourth-order valence-corrected chi connectivity index (χ4v) is 6.02. The lowest BCUT2D eigenvalue weighted by Crippen LogP contribution is -2.32. The smallest absolute Gasteiger partial charge is 0.260 e. The summed E-state index contributed by atoms with van der Waals surface area (Å²) in [5, 5.41) is 2.59. The number of aromatic nitrogens is 1. The van der Waals surface area contributed by atoms with Gasteiger partial charge in [-0.1, -0.05) is 23.5 Å². The van der Waals surface area contributed by atoms with Crippen LogP contribution in [0.2, 0.25) is 0 Å². The van der Waals surface area contributed by atoms with Gasteiger partial charge in [-0.2, -0.15) is 0 Å². The van der Waals surface area contributed by atoms with Gasteiger partial charge in [0.15, 0.2) is 15.0 Å². The zero-order valence-corrected chi connectivity index (χ0v) is 20.2. The molecule has 0 radical (unpaired) electrons. The molecule has 0 aliphatic heterocycles. The van der Waals surface area contributed by atoms with Crippen molar-refractivity contribution < 1.29 is 13.2 Å². The van der Waals surface area contributed by atoms with Crippen LogP contribution in [-0.2, 0) is 16.3 Å². The number of anilines is 1. The number of hydrogen-bond donors (Lipinski definition) is 0. The number of sulfone groups is 1. The molecule has 0 aliphatic carbocycles. The Hall–Kier alpha value is -2.20. The molecule has 0 fully saturated rings. The predicted molar refractivity (Wildman–Crippen MR) is 131 cm³/mol. The summed E-state index contributed by atoms with van der Waals surface area (Å²) in [6.45, 7) is 0.488. The van der Waals surface area contributed by atoms with E-state index in [4.69, 9.17) is 0 Å². The quantitative estimate of drug-likeness (QED) is 0.327. The number of benzene rings is 2. The second-order valence-electron chi connectivity index (χ2n) is 6.92. The Bertz CT molecular complexity index is 1330. The zero-order valence-electron chi connectivity index (χ0n) is 16.9. The van der Waals surface area contributed by atoms with Crippen molar-refractivity contribution >= 4 is 65.5 Å². The lowest BCUT2D eigenvalue weighted by molar-refractivity contribution is 0.0987. The van der Waals surface area contributed by atoms with Crippen LogP contribution in [0.1, 0.15) is 15.2 Å². The molecule has 4 rings (SSSR count). The number of fused-ring (bicyclic) bond motifs is 1. The highest BCUT2D eigenvalue weighted by Gasteiger charge is 2.22. The molecule has 1 amide bonds. The molecule has 0 atom stereocenters. The monoisotopic (exact) mass is 488 g/mol. The minimum Gasteiger partial charge on any atom is -0.284 e. The molecule has 5 nitrogen and oxygen atoms in total. The molecule has 4 aromatic rings. The van der Waals surface area contributed by atoms with Gasteiger partial charge in [-0.05, 0) is 60.5 Å². The minimum atomic E-state index is -3.31. The summed E-state index contributed by atoms with van der Waals surface area (Å²) < 4.78 is 24.6. The van der Waals surface area contributed by atoms with E-state index < -0.39 is 9.84 Å². The fraction of sp³-hybridized carbons (Fsp3) is 0.182. The summed E-state index contributed by atoms with van der Waals surface area (Å²) in [5.41, 5.74) is 1.29. The van der Waals surface area contributed by atoms with Crippen LogP contribution in [0.15, 0.2) is 69.8 Å². The average molecular weight is 489 g/mol. The number of thioether (sulfide) groups is 1. The van der Waals surface area contributed by atoms with Crippen LogP contribution >= 0.6 is 34.4 Å². The number of carbonyl (C=O) groups is 1. The van der Waals surface area contributed by atoms with Gasteiger partial charge in [-0.3, -0.25) is 9.69 Å². The van der Waals surface area contributed by atoms with Gasteiger partial charge in [0, 0.05) is 28.1 Å². The van der Waals surface area contributed by atoms with Crippen molar-refractivity contribution in [1.29, 1.82) is 0 Å². The first-order chi connectivity index (χ1) is 14.8.